The van der Waals surface area contributed by atoms with Gasteiger partial charge in [-0.25, -0.2) is 4.39 Å². The van der Waals surface area contributed by atoms with E-state index in [0.717, 1.165) is 0 Å². The highest BCUT2D eigenvalue weighted by molar-refractivity contribution is 6.08. The minimum Gasteiger partial charge on any atom is -0.364 e. The Morgan fingerprint density at radius 1 is 1.33 bits per heavy atom. The van der Waals surface area contributed by atoms with Gasteiger partial charge in [0, 0.05) is 12.1 Å². The highest BCUT2D eigenvalue weighted by Gasteiger charge is 2.21. The molecule has 3 N–H and O–H groups in total. The van der Waals surface area contributed by atoms with Crippen molar-refractivity contribution in [2.45, 2.75) is 20.4 Å². The van der Waals surface area contributed by atoms with Crippen molar-refractivity contribution in [2.24, 2.45) is 5.73 Å². The summed E-state index contributed by atoms with van der Waals surface area (Å²) in [5.41, 5.74) is 6.52. The van der Waals surface area contributed by atoms with Gasteiger partial charge in [-0.15, -0.1) is 0 Å². The first-order valence-electron chi connectivity index (χ1n) is 6.38. The second-order valence-electron chi connectivity index (χ2n) is 4.45. The highest BCUT2D eigenvalue weighted by atomic mass is 19.1. The van der Waals surface area contributed by atoms with Crippen molar-refractivity contribution < 1.29 is 14.0 Å². The van der Waals surface area contributed by atoms with Crippen LogP contribution in [0.2, 0.25) is 0 Å². The summed E-state index contributed by atoms with van der Waals surface area (Å²) in [6.45, 7) is 3.93. The number of carbonyl (C=O) groups is 2. The predicted molar refractivity (Wildman–Crippen MR) is 75.5 cm³/mol. The Kier molecular flexibility index (Phi) is 4.02. The van der Waals surface area contributed by atoms with Crippen molar-refractivity contribution in [3.63, 3.8) is 0 Å². The van der Waals surface area contributed by atoms with Crippen LogP contribution in [0.4, 0.5) is 10.1 Å². The standard InChI is InChI=1S/C14H15FN4O2/c1-3-19-12(13(16)20)11(8(2)18-19)17-14(21)9-4-6-10(15)7-5-9/h4-7H,3H2,1-2H3,(H2,16,20)(H,17,21). The van der Waals surface area contributed by atoms with Crippen molar-refractivity contribution in [1.29, 1.82) is 0 Å². The maximum absolute atomic E-state index is 12.9. The molecule has 6 nitrogen and oxygen atoms in total. The van der Waals surface area contributed by atoms with E-state index in [9.17, 15) is 14.0 Å². The predicted octanol–water partition coefficient (Wildman–Crippen LogP) is 1.70. The van der Waals surface area contributed by atoms with Crippen molar-refractivity contribution in [3.05, 3.63) is 47.0 Å². The molecule has 21 heavy (non-hydrogen) atoms. The maximum Gasteiger partial charge on any atom is 0.269 e. The lowest BCUT2D eigenvalue weighted by Crippen LogP contribution is -2.21. The minimum atomic E-state index is -0.674. The molecule has 0 radical (unpaired) electrons. The number of anilines is 1. The molecule has 0 aliphatic rings. The summed E-state index contributed by atoms with van der Waals surface area (Å²) in [4.78, 5) is 23.7. The van der Waals surface area contributed by atoms with Crippen LogP contribution in [0, 0.1) is 12.7 Å². The summed E-state index contributed by atoms with van der Waals surface area (Å²) in [6, 6.07) is 5.08. The molecule has 1 aromatic carbocycles. The Hall–Kier alpha value is -2.70. The monoisotopic (exact) mass is 290 g/mol. The van der Waals surface area contributed by atoms with E-state index in [2.05, 4.69) is 10.4 Å². The van der Waals surface area contributed by atoms with Crippen LogP contribution in [-0.2, 0) is 6.54 Å². The summed E-state index contributed by atoms with van der Waals surface area (Å²) < 4.78 is 14.3. The first-order valence-corrected chi connectivity index (χ1v) is 6.38. The zero-order chi connectivity index (χ0) is 15.6. The largest absolute Gasteiger partial charge is 0.364 e. The van der Waals surface area contributed by atoms with E-state index in [4.69, 9.17) is 5.73 Å². The van der Waals surface area contributed by atoms with Crippen LogP contribution >= 0.6 is 0 Å². The van der Waals surface area contributed by atoms with Gasteiger partial charge < -0.3 is 11.1 Å². The zero-order valence-corrected chi connectivity index (χ0v) is 11.7. The van der Waals surface area contributed by atoms with Crippen LogP contribution in [0.15, 0.2) is 24.3 Å². The van der Waals surface area contributed by atoms with Gasteiger partial charge >= 0.3 is 0 Å². The van der Waals surface area contributed by atoms with Gasteiger partial charge in [-0.2, -0.15) is 5.10 Å². The Balaban J connectivity index is 2.35. The second kappa shape index (κ2) is 5.74. The van der Waals surface area contributed by atoms with Crippen LogP contribution in [0.1, 0.15) is 33.5 Å². The number of nitrogens with one attached hydrogen (secondary N) is 1. The average molecular weight is 290 g/mol. The second-order valence-corrected chi connectivity index (χ2v) is 4.45. The highest BCUT2D eigenvalue weighted by Crippen LogP contribution is 2.21. The molecular weight excluding hydrogens is 275 g/mol. The number of amides is 2. The first-order chi connectivity index (χ1) is 9.93. The van der Waals surface area contributed by atoms with E-state index < -0.39 is 17.6 Å². The molecule has 0 aliphatic heterocycles. The Bertz CT molecular complexity index is 692. The van der Waals surface area contributed by atoms with E-state index in [-0.39, 0.29) is 16.9 Å². The van der Waals surface area contributed by atoms with Crippen LogP contribution in [0.3, 0.4) is 0 Å². The van der Waals surface area contributed by atoms with Crippen molar-refractivity contribution in [3.8, 4) is 0 Å². The van der Waals surface area contributed by atoms with Gasteiger partial charge in [0.05, 0.1) is 11.4 Å². The fourth-order valence-electron chi connectivity index (χ4n) is 2.00. The molecule has 0 unspecified atom stereocenters. The number of hydrogen-bond acceptors (Lipinski definition) is 3. The van der Waals surface area contributed by atoms with E-state index in [1.54, 1.807) is 6.92 Å². The number of rotatable bonds is 4. The molecular formula is C14H15FN4O2. The first kappa shape index (κ1) is 14.7. The van der Waals surface area contributed by atoms with Gasteiger partial charge in [-0.1, -0.05) is 0 Å². The van der Waals surface area contributed by atoms with E-state index in [1.807, 2.05) is 6.92 Å². The smallest absolute Gasteiger partial charge is 0.269 e. The molecule has 7 heteroatoms. The molecule has 0 saturated heterocycles. The lowest BCUT2D eigenvalue weighted by molar-refractivity contribution is 0.0991. The lowest BCUT2D eigenvalue weighted by Gasteiger charge is -2.07. The summed E-state index contributed by atoms with van der Waals surface area (Å²) >= 11 is 0. The molecule has 2 aromatic rings. The zero-order valence-electron chi connectivity index (χ0n) is 11.7. The van der Waals surface area contributed by atoms with E-state index in [0.29, 0.717) is 12.2 Å². The Labute approximate surface area is 120 Å². The fourth-order valence-corrected chi connectivity index (χ4v) is 2.00. The minimum absolute atomic E-state index is 0.144. The topological polar surface area (TPSA) is 90.0 Å². The normalized spacial score (nSPS) is 10.4. The van der Waals surface area contributed by atoms with Gasteiger partial charge in [0.25, 0.3) is 11.8 Å². The fraction of sp³-hybridized carbons (Fsp3) is 0.214. The molecule has 2 rings (SSSR count). The summed E-state index contributed by atoms with van der Waals surface area (Å²) in [6.07, 6.45) is 0. The molecule has 0 bridgehead atoms. The third kappa shape index (κ3) is 2.91. The summed E-state index contributed by atoms with van der Waals surface area (Å²) in [5, 5.41) is 6.76. The Morgan fingerprint density at radius 2 is 1.95 bits per heavy atom. The quantitative estimate of drug-likeness (QED) is 0.898. The van der Waals surface area contributed by atoms with Crippen molar-refractivity contribution in [1.82, 2.24) is 9.78 Å². The van der Waals surface area contributed by atoms with E-state index >= 15 is 0 Å². The summed E-state index contributed by atoms with van der Waals surface area (Å²) in [7, 11) is 0. The van der Waals surface area contributed by atoms with Crippen LogP contribution in [0.25, 0.3) is 0 Å². The maximum atomic E-state index is 12.9. The third-order valence-corrected chi connectivity index (χ3v) is 3.01. The molecule has 0 atom stereocenters. The number of nitrogens with zero attached hydrogens (tertiary/aromatic N) is 2. The van der Waals surface area contributed by atoms with Gasteiger partial charge in [0.15, 0.2) is 0 Å². The number of hydrogen-bond donors (Lipinski definition) is 2. The van der Waals surface area contributed by atoms with Gasteiger partial charge in [0.2, 0.25) is 0 Å². The SMILES string of the molecule is CCn1nc(C)c(NC(=O)c2ccc(F)cc2)c1C(N)=O. The number of primary amides is 1. The third-order valence-electron chi connectivity index (χ3n) is 3.01. The molecule has 2 amide bonds. The molecule has 0 saturated carbocycles. The molecule has 1 aromatic heterocycles. The molecule has 110 valence electrons. The number of nitrogens with two attached hydrogens (primary N) is 1. The van der Waals surface area contributed by atoms with Crippen LogP contribution in [-0.4, -0.2) is 21.6 Å². The molecule has 0 spiro atoms. The molecule has 1 heterocycles. The number of carbonyl (C=O) groups excluding carboxylic acids is 2. The van der Waals surface area contributed by atoms with Crippen molar-refractivity contribution in [2.75, 3.05) is 5.32 Å². The lowest BCUT2D eigenvalue weighted by atomic mass is 10.2. The number of halogens is 1. The van der Waals surface area contributed by atoms with Gasteiger partial charge in [-0.3, -0.25) is 14.3 Å². The molecule has 0 aliphatic carbocycles. The van der Waals surface area contributed by atoms with Gasteiger partial charge in [0.1, 0.15) is 11.5 Å². The van der Waals surface area contributed by atoms with Crippen LogP contribution < -0.4 is 11.1 Å². The average Bonchev–Trinajstić information content (AvgIpc) is 2.76. The number of aromatic nitrogens is 2. The molecule has 0 fully saturated rings. The van der Waals surface area contributed by atoms with Crippen molar-refractivity contribution >= 4 is 17.5 Å². The number of benzene rings is 1. The Morgan fingerprint density at radius 3 is 2.48 bits per heavy atom. The number of aryl methyl sites for hydroxylation is 2. The van der Waals surface area contributed by atoms with Crippen LogP contribution in [0.5, 0.6) is 0 Å². The summed E-state index contributed by atoms with van der Waals surface area (Å²) in [5.74, 6) is -1.57. The van der Waals surface area contributed by atoms with Gasteiger partial charge in [-0.05, 0) is 38.1 Å². The van der Waals surface area contributed by atoms with E-state index in [1.165, 1.54) is 28.9 Å².